The molecule has 1 amide bonds. The second-order valence-corrected chi connectivity index (χ2v) is 4.38. The summed E-state index contributed by atoms with van der Waals surface area (Å²) >= 11 is 0. The minimum atomic E-state index is -0.402. The van der Waals surface area contributed by atoms with E-state index in [4.69, 9.17) is 10.5 Å². The molecule has 0 aromatic heterocycles. The van der Waals surface area contributed by atoms with Crippen molar-refractivity contribution >= 4 is 5.91 Å². The lowest BCUT2D eigenvalue weighted by Crippen LogP contribution is -2.44. The largest absolute Gasteiger partial charge is 0.381 e. The Balaban J connectivity index is 3.34. The zero-order valence-electron chi connectivity index (χ0n) is 10.8. The highest BCUT2D eigenvalue weighted by atomic mass is 16.5. The van der Waals surface area contributed by atoms with E-state index in [0.717, 1.165) is 25.9 Å². The summed E-state index contributed by atoms with van der Waals surface area (Å²) in [5, 5.41) is 2.81. The number of hydrogen-bond acceptors (Lipinski definition) is 3. The van der Waals surface area contributed by atoms with Gasteiger partial charge in [0, 0.05) is 19.8 Å². The number of ether oxygens (including phenoxy) is 1. The first-order chi connectivity index (χ1) is 7.59. The van der Waals surface area contributed by atoms with Crippen LogP contribution in [0.25, 0.3) is 0 Å². The van der Waals surface area contributed by atoms with Crippen molar-refractivity contribution in [1.82, 2.24) is 5.32 Å². The molecule has 0 spiro atoms. The second-order valence-electron chi connectivity index (χ2n) is 4.38. The van der Waals surface area contributed by atoms with Gasteiger partial charge in [0.25, 0.3) is 0 Å². The van der Waals surface area contributed by atoms with E-state index in [1.807, 2.05) is 13.8 Å². The molecule has 0 aromatic rings. The molecule has 0 aliphatic rings. The molecule has 16 heavy (non-hydrogen) atoms. The molecule has 4 heteroatoms. The van der Waals surface area contributed by atoms with Crippen LogP contribution in [0.2, 0.25) is 0 Å². The Morgan fingerprint density at radius 1 is 1.31 bits per heavy atom. The van der Waals surface area contributed by atoms with Crippen molar-refractivity contribution in [2.75, 3.05) is 19.8 Å². The number of unbranched alkanes of at least 4 members (excludes halogenated alkanes) is 1. The molecule has 4 nitrogen and oxygen atoms in total. The first-order valence-electron chi connectivity index (χ1n) is 6.20. The summed E-state index contributed by atoms with van der Waals surface area (Å²) in [6.07, 6.45) is 3.10. The molecule has 0 radical (unpaired) electrons. The quantitative estimate of drug-likeness (QED) is 0.587. The van der Waals surface area contributed by atoms with E-state index < -0.39 is 6.04 Å². The van der Waals surface area contributed by atoms with Gasteiger partial charge in [0.15, 0.2) is 0 Å². The van der Waals surface area contributed by atoms with Gasteiger partial charge in [0.1, 0.15) is 0 Å². The SMILES string of the molecule is CCCCOCCCNC(=O)[C@@H](N)C(C)C. The summed E-state index contributed by atoms with van der Waals surface area (Å²) in [4.78, 5) is 11.4. The van der Waals surface area contributed by atoms with Crippen molar-refractivity contribution in [3.05, 3.63) is 0 Å². The van der Waals surface area contributed by atoms with Gasteiger partial charge in [-0.1, -0.05) is 27.2 Å². The average Bonchev–Trinajstić information content (AvgIpc) is 2.26. The third-order valence-electron chi connectivity index (χ3n) is 2.43. The number of rotatable bonds is 9. The third-order valence-corrected chi connectivity index (χ3v) is 2.43. The van der Waals surface area contributed by atoms with Crippen LogP contribution in [0, 0.1) is 5.92 Å². The number of carbonyl (C=O) groups excluding carboxylic acids is 1. The maximum atomic E-state index is 11.4. The molecule has 0 heterocycles. The maximum absolute atomic E-state index is 11.4. The van der Waals surface area contributed by atoms with E-state index in [0.29, 0.717) is 13.2 Å². The fourth-order valence-corrected chi connectivity index (χ4v) is 1.15. The Kier molecular flexibility index (Phi) is 9.24. The molecule has 0 saturated heterocycles. The van der Waals surface area contributed by atoms with Crippen molar-refractivity contribution < 1.29 is 9.53 Å². The number of nitrogens with one attached hydrogen (secondary N) is 1. The van der Waals surface area contributed by atoms with Crippen LogP contribution >= 0.6 is 0 Å². The Hall–Kier alpha value is -0.610. The van der Waals surface area contributed by atoms with E-state index in [1.165, 1.54) is 0 Å². The zero-order chi connectivity index (χ0) is 12.4. The van der Waals surface area contributed by atoms with Crippen LogP contribution < -0.4 is 11.1 Å². The Bertz CT molecular complexity index is 184. The molecular weight excluding hydrogens is 204 g/mol. The molecule has 0 unspecified atom stereocenters. The first-order valence-corrected chi connectivity index (χ1v) is 6.20. The van der Waals surface area contributed by atoms with Gasteiger partial charge < -0.3 is 15.8 Å². The molecule has 0 saturated carbocycles. The Morgan fingerprint density at radius 2 is 1.94 bits per heavy atom. The number of amides is 1. The van der Waals surface area contributed by atoms with Crippen molar-refractivity contribution in [2.24, 2.45) is 11.7 Å². The third kappa shape index (κ3) is 7.65. The van der Waals surface area contributed by atoms with Gasteiger partial charge in [0.2, 0.25) is 5.91 Å². The lowest BCUT2D eigenvalue weighted by molar-refractivity contribution is -0.123. The lowest BCUT2D eigenvalue weighted by Gasteiger charge is -2.15. The van der Waals surface area contributed by atoms with E-state index in [-0.39, 0.29) is 11.8 Å². The van der Waals surface area contributed by atoms with E-state index in [9.17, 15) is 4.79 Å². The molecule has 0 aliphatic carbocycles. The minimum absolute atomic E-state index is 0.0661. The molecular formula is C12H26N2O2. The smallest absolute Gasteiger partial charge is 0.237 e. The summed E-state index contributed by atoms with van der Waals surface area (Å²) in [5.74, 6) is 0.115. The zero-order valence-corrected chi connectivity index (χ0v) is 10.8. The van der Waals surface area contributed by atoms with Gasteiger partial charge in [-0.3, -0.25) is 4.79 Å². The first kappa shape index (κ1) is 15.4. The predicted molar refractivity (Wildman–Crippen MR) is 66.2 cm³/mol. The normalized spacial score (nSPS) is 12.8. The van der Waals surface area contributed by atoms with E-state index in [1.54, 1.807) is 0 Å². The van der Waals surface area contributed by atoms with Crippen molar-refractivity contribution in [3.8, 4) is 0 Å². The van der Waals surface area contributed by atoms with Crippen molar-refractivity contribution in [1.29, 1.82) is 0 Å². The predicted octanol–water partition coefficient (Wildman–Crippen LogP) is 1.29. The van der Waals surface area contributed by atoms with Gasteiger partial charge in [0.05, 0.1) is 6.04 Å². The fraction of sp³-hybridized carbons (Fsp3) is 0.917. The van der Waals surface area contributed by atoms with Gasteiger partial charge in [-0.25, -0.2) is 0 Å². The molecule has 96 valence electrons. The van der Waals surface area contributed by atoms with Gasteiger partial charge in [-0.15, -0.1) is 0 Å². The monoisotopic (exact) mass is 230 g/mol. The summed E-state index contributed by atoms with van der Waals surface area (Å²) in [5.41, 5.74) is 5.70. The molecule has 0 aliphatic heterocycles. The van der Waals surface area contributed by atoms with Crippen LogP contribution in [-0.4, -0.2) is 31.7 Å². The second kappa shape index (κ2) is 9.60. The van der Waals surface area contributed by atoms with Crippen LogP contribution in [-0.2, 0) is 9.53 Å². The molecule has 0 aromatic carbocycles. The van der Waals surface area contributed by atoms with Gasteiger partial charge >= 0.3 is 0 Å². The van der Waals surface area contributed by atoms with Gasteiger partial charge in [-0.05, 0) is 18.8 Å². The number of hydrogen-bond donors (Lipinski definition) is 2. The highest BCUT2D eigenvalue weighted by Gasteiger charge is 2.15. The summed E-state index contributed by atoms with van der Waals surface area (Å²) in [7, 11) is 0. The van der Waals surface area contributed by atoms with E-state index >= 15 is 0 Å². The average molecular weight is 230 g/mol. The molecule has 0 rings (SSSR count). The topological polar surface area (TPSA) is 64.3 Å². The highest BCUT2D eigenvalue weighted by Crippen LogP contribution is 1.97. The van der Waals surface area contributed by atoms with E-state index in [2.05, 4.69) is 12.2 Å². The summed E-state index contributed by atoms with van der Waals surface area (Å²) in [6, 6.07) is -0.402. The Morgan fingerprint density at radius 3 is 2.50 bits per heavy atom. The molecule has 0 fully saturated rings. The fourth-order valence-electron chi connectivity index (χ4n) is 1.15. The molecule has 3 N–H and O–H groups in total. The van der Waals surface area contributed by atoms with Crippen LogP contribution in [0.15, 0.2) is 0 Å². The molecule has 0 bridgehead atoms. The van der Waals surface area contributed by atoms with Crippen LogP contribution in [0.5, 0.6) is 0 Å². The minimum Gasteiger partial charge on any atom is -0.381 e. The Labute approximate surface area is 98.9 Å². The summed E-state index contributed by atoms with van der Waals surface area (Å²) < 4.78 is 5.38. The highest BCUT2D eigenvalue weighted by molar-refractivity contribution is 5.81. The van der Waals surface area contributed by atoms with Crippen molar-refractivity contribution in [3.63, 3.8) is 0 Å². The van der Waals surface area contributed by atoms with Crippen LogP contribution in [0.1, 0.15) is 40.0 Å². The lowest BCUT2D eigenvalue weighted by atomic mass is 10.1. The number of nitrogens with two attached hydrogens (primary N) is 1. The van der Waals surface area contributed by atoms with Crippen molar-refractivity contribution in [2.45, 2.75) is 46.1 Å². The maximum Gasteiger partial charge on any atom is 0.237 e. The van der Waals surface area contributed by atoms with Gasteiger partial charge in [-0.2, -0.15) is 0 Å². The molecule has 1 atom stereocenters. The van der Waals surface area contributed by atoms with Crippen LogP contribution in [0.4, 0.5) is 0 Å². The standard InChI is InChI=1S/C12H26N2O2/c1-4-5-8-16-9-6-7-14-12(15)11(13)10(2)3/h10-11H,4-9,13H2,1-3H3,(H,14,15)/t11-/m0/s1. The van der Waals surface area contributed by atoms with Crippen LogP contribution in [0.3, 0.4) is 0 Å². The summed E-state index contributed by atoms with van der Waals surface area (Å²) in [6.45, 7) is 8.19. The number of carbonyl (C=O) groups is 1.